The van der Waals surface area contributed by atoms with Crippen LogP contribution in [0.5, 0.6) is 0 Å². The summed E-state index contributed by atoms with van der Waals surface area (Å²) >= 11 is 0. The van der Waals surface area contributed by atoms with Crippen LogP contribution in [0.25, 0.3) is 0 Å². The van der Waals surface area contributed by atoms with Crippen molar-refractivity contribution in [1.82, 2.24) is 0 Å². The molecule has 5 N–H and O–H groups in total. The third-order valence-corrected chi connectivity index (χ3v) is 2.11. The Balaban J connectivity index is 3.61. The highest BCUT2D eigenvalue weighted by Gasteiger charge is 2.13. The largest absolute Gasteiger partial charge is 0.396 e. The number of aliphatic hydroxyl groups is 1. The SMILES string of the molecule is NC(=O)CCCCC(CCO)C(N)=O. The number of unbranched alkanes of at least 4 members (excludes halogenated alkanes) is 1. The van der Waals surface area contributed by atoms with Gasteiger partial charge in [-0.15, -0.1) is 0 Å². The van der Waals surface area contributed by atoms with Crippen LogP contribution in [0, 0.1) is 5.92 Å². The second-order valence-electron chi connectivity index (χ2n) is 3.32. The second kappa shape index (κ2) is 7.32. The van der Waals surface area contributed by atoms with Crippen molar-refractivity contribution in [2.45, 2.75) is 32.1 Å². The molecule has 0 aliphatic carbocycles. The van der Waals surface area contributed by atoms with E-state index in [-0.39, 0.29) is 18.4 Å². The highest BCUT2D eigenvalue weighted by molar-refractivity contribution is 5.76. The highest BCUT2D eigenvalue weighted by Crippen LogP contribution is 2.12. The summed E-state index contributed by atoms with van der Waals surface area (Å²) in [5.74, 6) is -1.01. The lowest BCUT2D eigenvalue weighted by molar-refractivity contribution is -0.122. The minimum absolute atomic E-state index is 0.0383. The monoisotopic (exact) mass is 202 g/mol. The lowest BCUT2D eigenvalue weighted by Crippen LogP contribution is -2.24. The van der Waals surface area contributed by atoms with E-state index in [0.717, 1.165) is 6.42 Å². The molecule has 0 fully saturated rings. The minimum Gasteiger partial charge on any atom is -0.396 e. The average Bonchev–Trinajstić information content (AvgIpc) is 2.09. The number of carbonyl (C=O) groups is 2. The molecule has 5 heteroatoms. The first-order valence-corrected chi connectivity index (χ1v) is 4.76. The van der Waals surface area contributed by atoms with E-state index in [1.807, 2.05) is 0 Å². The maximum absolute atomic E-state index is 10.8. The molecule has 0 aliphatic heterocycles. The molecule has 0 heterocycles. The molecule has 0 rings (SSSR count). The predicted molar refractivity (Wildman–Crippen MR) is 52.0 cm³/mol. The molecule has 82 valence electrons. The first kappa shape index (κ1) is 12.9. The number of carbonyl (C=O) groups excluding carboxylic acids is 2. The van der Waals surface area contributed by atoms with Crippen LogP contribution in [0.1, 0.15) is 32.1 Å². The molecule has 1 unspecified atom stereocenters. The van der Waals surface area contributed by atoms with E-state index in [1.165, 1.54) is 0 Å². The molecule has 0 aromatic heterocycles. The number of nitrogens with two attached hydrogens (primary N) is 2. The van der Waals surface area contributed by atoms with Crippen molar-refractivity contribution in [3.05, 3.63) is 0 Å². The van der Waals surface area contributed by atoms with Gasteiger partial charge < -0.3 is 16.6 Å². The summed E-state index contributed by atoms with van der Waals surface area (Å²) in [6.45, 7) is -0.0383. The van der Waals surface area contributed by atoms with Crippen molar-refractivity contribution in [2.24, 2.45) is 17.4 Å². The summed E-state index contributed by atoms with van der Waals surface area (Å²) in [5, 5.41) is 8.65. The Labute approximate surface area is 83.5 Å². The van der Waals surface area contributed by atoms with Crippen molar-refractivity contribution in [3.63, 3.8) is 0 Å². The summed E-state index contributed by atoms with van der Waals surface area (Å²) < 4.78 is 0. The standard InChI is InChI=1S/C9H18N2O3/c10-8(13)4-2-1-3-7(5-6-12)9(11)14/h7,12H,1-6H2,(H2,10,13)(H2,11,14). The Kier molecular flexibility index (Phi) is 6.74. The first-order valence-electron chi connectivity index (χ1n) is 4.76. The number of amides is 2. The average molecular weight is 202 g/mol. The molecular weight excluding hydrogens is 184 g/mol. The van der Waals surface area contributed by atoms with Crippen molar-refractivity contribution in [2.75, 3.05) is 6.61 Å². The van der Waals surface area contributed by atoms with Gasteiger partial charge in [0.2, 0.25) is 11.8 Å². The number of aliphatic hydroxyl groups excluding tert-OH is 1. The predicted octanol–water partition coefficient (Wildman–Crippen LogP) is -0.484. The van der Waals surface area contributed by atoms with Gasteiger partial charge in [-0.3, -0.25) is 9.59 Å². The molecule has 0 radical (unpaired) electrons. The zero-order valence-electron chi connectivity index (χ0n) is 8.24. The van der Waals surface area contributed by atoms with E-state index in [1.54, 1.807) is 0 Å². The van der Waals surface area contributed by atoms with Gasteiger partial charge in [-0.1, -0.05) is 6.42 Å². The van der Waals surface area contributed by atoms with Crippen molar-refractivity contribution >= 4 is 11.8 Å². The van der Waals surface area contributed by atoms with E-state index in [9.17, 15) is 9.59 Å². The van der Waals surface area contributed by atoms with E-state index in [0.29, 0.717) is 25.7 Å². The highest BCUT2D eigenvalue weighted by atomic mass is 16.3. The molecule has 0 saturated heterocycles. The van der Waals surface area contributed by atoms with E-state index in [2.05, 4.69) is 0 Å². The van der Waals surface area contributed by atoms with Crippen LogP contribution in [0.15, 0.2) is 0 Å². The second-order valence-corrected chi connectivity index (χ2v) is 3.32. The summed E-state index contributed by atoms with van der Waals surface area (Å²) in [6, 6.07) is 0. The Bertz CT molecular complexity index is 194. The smallest absolute Gasteiger partial charge is 0.220 e. The van der Waals surface area contributed by atoms with Gasteiger partial charge in [0.1, 0.15) is 0 Å². The summed E-state index contributed by atoms with van der Waals surface area (Å²) in [6.07, 6.45) is 2.75. The summed E-state index contributed by atoms with van der Waals surface area (Å²) in [4.78, 5) is 21.2. The zero-order chi connectivity index (χ0) is 11.0. The summed E-state index contributed by atoms with van der Waals surface area (Å²) in [5.41, 5.74) is 10.1. The van der Waals surface area contributed by atoms with Crippen LogP contribution >= 0.6 is 0 Å². The first-order chi connectivity index (χ1) is 6.57. The normalized spacial score (nSPS) is 12.4. The molecule has 0 aliphatic rings. The molecule has 0 spiro atoms. The van der Waals surface area contributed by atoms with Crippen molar-refractivity contribution in [3.8, 4) is 0 Å². The van der Waals surface area contributed by atoms with Gasteiger partial charge in [0, 0.05) is 18.9 Å². The van der Waals surface area contributed by atoms with Crippen molar-refractivity contribution < 1.29 is 14.7 Å². The van der Waals surface area contributed by atoms with Crippen LogP contribution < -0.4 is 11.5 Å². The Hall–Kier alpha value is -1.10. The van der Waals surface area contributed by atoms with Gasteiger partial charge in [-0.2, -0.15) is 0 Å². The number of rotatable bonds is 8. The fourth-order valence-electron chi connectivity index (χ4n) is 1.27. The van der Waals surface area contributed by atoms with E-state index in [4.69, 9.17) is 16.6 Å². The molecule has 5 nitrogen and oxygen atoms in total. The summed E-state index contributed by atoms with van der Waals surface area (Å²) in [7, 11) is 0. The van der Waals surface area contributed by atoms with Crippen LogP contribution in [0.4, 0.5) is 0 Å². The third-order valence-electron chi connectivity index (χ3n) is 2.11. The Morgan fingerprint density at radius 2 is 1.79 bits per heavy atom. The number of hydrogen-bond acceptors (Lipinski definition) is 3. The van der Waals surface area contributed by atoms with Crippen molar-refractivity contribution in [1.29, 1.82) is 0 Å². The van der Waals surface area contributed by atoms with Crippen LogP contribution in [-0.2, 0) is 9.59 Å². The molecule has 0 aromatic rings. The van der Waals surface area contributed by atoms with Gasteiger partial charge >= 0.3 is 0 Å². The zero-order valence-corrected chi connectivity index (χ0v) is 8.24. The quantitative estimate of drug-likeness (QED) is 0.462. The van der Waals surface area contributed by atoms with Gasteiger partial charge in [-0.25, -0.2) is 0 Å². The molecule has 1 atom stereocenters. The van der Waals surface area contributed by atoms with E-state index >= 15 is 0 Å². The lowest BCUT2D eigenvalue weighted by Gasteiger charge is -2.10. The fourth-order valence-corrected chi connectivity index (χ4v) is 1.27. The topological polar surface area (TPSA) is 106 Å². The Morgan fingerprint density at radius 1 is 1.14 bits per heavy atom. The molecular formula is C9H18N2O3. The molecule has 0 saturated carbocycles. The molecule has 0 bridgehead atoms. The van der Waals surface area contributed by atoms with Gasteiger partial charge in [0.15, 0.2) is 0 Å². The molecule has 2 amide bonds. The number of hydrogen-bond donors (Lipinski definition) is 3. The van der Waals surface area contributed by atoms with Crippen LogP contribution in [0.2, 0.25) is 0 Å². The molecule has 14 heavy (non-hydrogen) atoms. The van der Waals surface area contributed by atoms with Gasteiger partial charge in [-0.05, 0) is 19.3 Å². The Morgan fingerprint density at radius 3 is 2.21 bits per heavy atom. The maximum Gasteiger partial charge on any atom is 0.220 e. The van der Waals surface area contributed by atoms with Gasteiger partial charge in [0.05, 0.1) is 0 Å². The molecule has 0 aromatic carbocycles. The third kappa shape index (κ3) is 6.42. The van der Waals surface area contributed by atoms with Gasteiger partial charge in [0.25, 0.3) is 0 Å². The fraction of sp³-hybridized carbons (Fsp3) is 0.778. The van der Waals surface area contributed by atoms with E-state index < -0.39 is 5.91 Å². The van der Waals surface area contributed by atoms with Crippen LogP contribution in [-0.4, -0.2) is 23.5 Å². The minimum atomic E-state index is -0.391. The lowest BCUT2D eigenvalue weighted by atomic mass is 9.97. The number of primary amides is 2. The van der Waals surface area contributed by atoms with Crippen LogP contribution in [0.3, 0.4) is 0 Å². The maximum atomic E-state index is 10.8.